The van der Waals surface area contributed by atoms with E-state index in [2.05, 4.69) is 16.0 Å². The lowest BCUT2D eigenvalue weighted by molar-refractivity contribution is -0.135. The third-order valence-corrected chi connectivity index (χ3v) is 3.76. The molecule has 0 saturated heterocycles. The quantitative estimate of drug-likeness (QED) is 0.323. The molecule has 0 rings (SSSR count). The number of nitrogens with one attached hydrogen (secondary N) is 3. The molecule has 4 amide bonds. The molecule has 0 aromatic rings. The summed E-state index contributed by atoms with van der Waals surface area (Å²) in [6.07, 6.45) is -1.71. The highest BCUT2D eigenvalue weighted by Crippen LogP contribution is 2.07. The first-order chi connectivity index (χ1) is 12.5. The highest BCUT2D eigenvalue weighted by Gasteiger charge is 2.28. The molecule has 0 aliphatic carbocycles. The van der Waals surface area contributed by atoms with E-state index in [-0.39, 0.29) is 18.2 Å². The van der Waals surface area contributed by atoms with E-state index < -0.39 is 42.6 Å². The maximum absolute atomic E-state index is 12.1. The second kappa shape index (κ2) is 12.1. The molecule has 0 aliphatic rings. The second-order valence-electron chi connectivity index (χ2n) is 6.99. The molecule has 0 heterocycles. The number of carboxylic acid groups (broad SMARTS) is 1. The molecule has 0 aromatic carbocycles. The SMILES string of the molecule is CCC[C@H](NC(=O)O)C(O)C(=O)NCC(=O)N[C@@H](CC(C)C)C(=O)N(C)C. The number of aliphatic hydroxyl groups excluding tert-OH is 1. The van der Waals surface area contributed by atoms with Crippen molar-refractivity contribution in [3.8, 4) is 0 Å². The van der Waals surface area contributed by atoms with Gasteiger partial charge in [-0.15, -0.1) is 0 Å². The van der Waals surface area contributed by atoms with Gasteiger partial charge in [-0.2, -0.15) is 0 Å². The van der Waals surface area contributed by atoms with Crippen molar-refractivity contribution in [3.05, 3.63) is 0 Å². The Kier molecular flexibility index (Phi) is 11.0. The first kappa shape index (κ1) is 24.6. The van der Waals surface area contributed by atoms with Crippen molar-refractivity contribution >= 4 is 23.8 Å². The van der Waals surface area contributed by atoms with Crippen molar-refractivity contribution < 1.29 is 29.4 Å². The van der Waals surface area contributed by atoms with Crippen LogP contribution in [0.15, 0.2) is 0 Å². The van der Waals surface area contributed by atoms with Crippen molar-refractivity contribution in [1.29, 1.82) is 0 Å². The number of hydrogen-bond donors (Lipinski definition) is 5. The molecule has 27 heavy (non-hydrogen) atoms. The third-order valence-electron chi connectivity index (χ3n) is 3.76. The van der Waals surface area contributed by atoms with Crippen LogP contribution in [0.4, 0.5) is 4.79 Å². The number of hydrogen-bond acceptors (Lipinski definition) is 5. The minimum atomic E-state index is -1.62. The molecule has 10 heteroatoms. The fourth-order valence-electron chi connectivity index (χ4n) is 2.48. The topological polar surface area (TPSA) is 148 Å². The Morgan fingerprint density at radius 1 is 1.07 bits per heavy atom. The monoisotopic (exact) mass is 388 g/mol. The first-order valence-electron chi connectivity index (χ1n) is 8.95. The van der Waals surface area contributed by atoms with E-state index in [4.69, 9.17) is 5.11 Å². The minimum Gasteiger partial charge on any atom is -0.465 e. The molecule has 0 spiro atoms. The van der Waals surface area contributed by atoms with E-state index in [0.717, 1.165) is 0 Å². The predicted molar refractivity (Wildman–Crippen MR) is 99.0 cm³/mol. The Labute approximate surface area is 159 Å². The van der Waals surface area contributed by atoms with E-state index >= 15 is 0 Å². The Morgan fingerprint density at radius 2 is 1.67 bits per heavy atom. The summed E-state index contributed by atoms with van der Waals surface area (Å²) in [5.74, 6) is -1.52. The Balaban J connectivity index is 4.73. The summed E-state index contributed by atoms with van der Waals surface area (Å²) in [6, 6.07) is -1.68. The number of amides is 4. The van der Waals surface area contributed by atoms with Crippen molar-refractivity contribution in [2.75, 3.05) is 20.6 Å². The molecule has 10 nitrogen and oxygen atoms in total. The van der Waals surface area contributed by atoms with Gasteiger partial charge in [-0.25, -0.2) is 4.79 Å². The van der Waals surface area contributed by atoms with Gasteiger partial charge in [0, 0.05) is 14.1 Å². The summed E-state index contributed by atoms with van der Waals surface area (Å²) >= 11 is 0. The van der Waals surface area contributed by atoms with Crippen molar-refractivity contribution in [3.63, 3.8) is 0 Å². The van der Waals surface area contributed by atoms with Crippen molar-refractivity contribution in [2.24, 2.45) is 5.92 Å². The van der Waals surface area contributed by atoms with Crippen LogP contribution in [0.3, 0.4) is 0 Å². The van der Waals surface area contributed by atoms with Gasteiger partial charge in [0.1, 0.15) is 6.04 Å². The molecule has 5 N–H and O–H groups in total. The zero-order chi connectivity index (χ0) is 21.1. The maximum atomic E-state index is 12.1. The minimum absolute atomic E-state index is 0.174. The molecule has 0 bridgehead atoms. The average Bonchev–Trinajstić information content (AvgIpc) is 2.56. The fourth-order valence-corrected chi connectivity index (χ4v) is 2.48. The van der Waals surface area contributed by atoms with Gasteiger partial charge >= 0.3 is 6.09 Å². The smallest absolute Gasteiger partial charge is 0.404 e. The van der Waals surface area contributed by atoms with Gasteiger partial charge in [-0.05, 0) is 18.8 Å². The lowest BCUT2D eigenvalue weighted by atomic mass is 10.0. The van der Waals surface area contributed by atoms with Crippen LogP contribution in [0.2, 0.25) is 0 Å². The Morgan fingerprint density at radius 3 is 2.11 bits per heavy atom. The van der Waals surface area contributed by atoms with Crippen LogP contribution in [0.25, 0.3) is 0 Å². The normalized spacial score (nSPS) is 14.0. The van der Waals surface area contributed by atoms with Gasteiger partial charge < -0.3 is 31.1 Å². The van der Waals surface area contributed by atoms with Gasteiger partial charge in [-0.3, -0.25) is 14.4 Å². The number of carbonyl (C=O) groups is 4. The largest absolute Gasteiger partial charge is 0.465 e. The summed E-state index contributed by atoms with van der Waals surface area (Å²) in [7, 11) is 3.17. The van der Waals surface area contributed by atoms with Gasteiger partial charge in [0.25, 0.3) is 5.91 Å². The van der Waals surface area contributed by atoms with E-state index in [9.17, 15) is 24.3 Å². The Hall–Kier alpha value is -2.36. The zero-order valence-electron chi connectivity index (χ0n) is 16.6. The number of likely N-dealkylation sites (N-methyl/N-ethyl adjacent to an activating group) is 1. The summed E-state index contributed by atoms with van der Waals surface area (Å²) in [5, 5.41) is 25.7. The highest BCUT2D eigenvalue weighted by molar-refractivity contribution is 5.91. The van der Waals surface area contributed by atoms with Crippen LogP contribution < -0.4 is 16.0 Å². The number of carbonyl (C=O) groups excluding carboxylic acids is 3. The van der Waals surface area contributed by atoms with Crippen LogP contribution in [-0.4, -0.2) is 77.8 Å². The standard InChI is InChI=1S/C17H32N4O6/c1-6-7-11(20-17(26)27)14(23)15(24)18-9-13(22)19-12(8-10(2)3)16(25)21(4)5/h10-12,14,20,23H,6-9H2,1-5H3,(H,18,24)(H,19,22)(H,26,27)/t11-,12-,14?/m0/s1. The summed E-state index contributed by atoms with van der Waals surface area (Å²) < 4.78 is 0. The second-order valence-corrected chi connectivity index (χ2v) is 6.99. The fraction of sp³-hybridized carbons (Fsp3) is 0.765. The molecule has 0 aromatic heterocycles. The zero-order valence-corrected chi connectivity index (χ0v) is 16.6. The van der Waals surface area contributed by atoms with Gasteiger partial charge in [0.2, 0.25) is 11.8 Å². The molecule has 156 valence electrons. The molecule has 0 radical (unpaired) electrons. The summed E-state index contributed by atoms with van der Waals surface area (Å²) in [5.41, 5.74) is 0. The number of aliphatic hydroxyl groups is 1. The van der Waals surface area contributed by atoms with Crippen LogP contribution >= 0.6 is 0 Å². The first-order valence-corrected chi connectivity index (χ1v) is 8.95. The third kappa shape index (κ3) is 9.78. The van der Waals surface area contributed by atoms with E-state index in [1.165, 1.54) is 4.90 Å². The molecule has 0 fully saturated rings. The molecule has 0 aliphatic heterocycles. The maximum Gasteiger partial charge on any atom is 0.404 e. The number of nitrogens with zero attached hydrogens (tertiary/aromatic N) is 1. The van der Waals surface area contributed by atoms with Crippen LogP contribution in [0.5, 0.6) is 0 Å². The lowest BCUT2D eigenvalue weighted by Gasteiger charge is -2.24. The average molecular weight is 388 g/mol. The Bertz CT molecular complexity index is 524. The van der Waals surface area contributed by atoms with E-state index in [0.29, 0.717) is 12.8 Å². The van der Waals surface area contributed by atoms with Crippen molar-refractivity contribution in [2.45, 2.75) is 58.2 Å². The predicted octanol–water partition coefficient (Wildman–Crippen LogP) is -0.481. The van der Waals surface area contributed by atoms with Gasteiger partial charge in [0.15, 0.2) is 6.10 Å². The van der Waals surface area contributed by atoms with Gasteiger partial charge in [0.05, 0.1) is 12.6 Å². The van der Waals surface area contributed by atoms with Crippen LogP contribution in [0.1, 0.15) is 40.0 Å². The summed E-state index contributed by atoms with van der Waals surface area (Å²) in [6.45, 7) is 5.19. The molecular formula is C17H32N4O6. The van der Waals surface area contributed by atoms with E-state index in [1.807, 2.05) is 13.8 Å². The molecule has 1 unspecified atom stereocenters. The van der Waals surface area contributed by atoms with Crippen LogP contribution in [0, 0.1) is 5.92 Å². The highest BCUT2D eigenvalue weighted by atomic mass is 16.4. The molecule has 0 saturated carbocycles. The van der Waals surface area contributed by atoms with Gasteiger partial charge in [-0.1, -0.05) is 27.2 Å². The molecule has 3 atom stereocenters. The summed E-state index contributed by atoms with van der Waals surface area (Å²) in [4.78, 5) is 48.3. The van der Waals surface area contributed by atoms with Crippen molar-refractivity contribution in [1.82, 2.24) is 20.9 Å². The van der Waals surface area contributed by atoms with Crippen LogP contribution in [-0.2, 0) is 14.4 Å². The number of rotatable bonds is 11. The lowest BCUT2D eigenvalue weighted by Crippen LogP contribution is -2.53. The van der Waals surface area contributed by atoms with E-state index in [1.54, 1.807) is 21.0 Å². The molecular weight excluding hydrogens is 356 g/mol.